The Labute approximate surface area is 135 Å². The van der Waals surface area contributed by atoms with Crippen LogP contribution in [0, 0.1) is 28.1 Å². The van der Waals surface area contributed by atoms with Gasteiger partial charge in [0, 0.05) is 6.04 Å². The average molecular weight is 303 g/mol. The van der Waals surface area contributed by atoms with Crippen LogP contribution in [0.3, 0.4) is 0 Å². The number of amides is 1. The lowest BCUT2D eigenvalue weighted by Gasteiger charge is -2.64. The van der Waals surface area contributed by atoms with E-state index >= 15 is 0 Å². The Morgan fingerprint density at radius 1 is 0.955 bits per heavy atom. The van der Waals surface area contributed by atoms with Gasteiger partial charge >= 0.3 is 0 Å². The van der Waals surface area contributed by atoms with Crippen LogP contribution < -0.4 is 5.32 Å². The largest absolute Gasteiger partial charge is 0.353 e. The lowest BCUT2D eigenvalue weighted by molar-refractivity contribution is -0.171. The topological polar surface area (TPSA) is 29.1 Å². The monoisotopic (exact) mass is 303 g/mol. The molecule has 4 bridgehead atoms. The first-order valence-electron chi connectivity index (χ1n) is 9.63. The Hall–Kier alpha value is -0.530. The number of rotatable bonds is 2. The van der Waals surface area contributed by atoms with Crippen LogP contribution in [-0.2, 0) is 4.79 Å². The highest BCUT2D eigenvalue weighted by atomic mass is 16.2. The Morgan fingerprint density at radius 2 is 1.59 bits per heavy atom. The molecule has 0 aromatic rings. The van der Waals surface area contributed by atoms with Crippen molar-refractivity contribution >= 4 is 5.91 Å². The molecule has 5 fully saturated rings. The van der Waals surface area contributed by atoms with Crippen LogP contribution >= 0.6 is 0 Å². The molecule has 0 aromatic carbocycles. The molecule has 0 spiro atoms. The Morgan fingerprint density at radius 3 is 2.18 bits per heavy atom. The summed E-state index contributed by atoms with van der Waals surface area (Å²) in [6.07, 6.45) is 12.7. The summed E-state index contributed by atoms with van der Waals surface area (Å²) in [6.45, 7) is 7.24. The van der Waals surface area contributed by atoms with E-state index in [-0.39, 0.29) is 5.41 Å². The van der Waals surface area contributed by atoms with Crippen molar-refractivity contribution < 1.29 is 4.79 Å². The molecule has 124 valence electrons. The molecule has 0 heterocycles. The summed E-state index contributed by atoms with van der Waals surface area (Å²) >= 11 is 0. The fraction of sp³-hybridized carbons (Fsp3) is 0.950. The molecular formula is C20H33NO. The summed E-state index contributed by atoms with van der Waals surface area (Å²) < 4.78 is 0. The molecule has 0 radical (unpaired) electrons. The standard InChI is InChI=1S/C20H33NO/c1-14-6-4-5-7-16(14)21-17(22)20-10-15-8-18(2,12-20)11-19(3,9-15)13-20/h14-16H,4-13H2,1-3H3,(H,21,22)/t14-,15?,16-,18-,19+,20?/m0/s1. The highest BCUT2D eigenvalue weighted by Gasteiger charge is 2.62. The van der Waals surface area contributed by atoms with E-state index in [0.29, 0.717) is 28.7 Å². The average Bonchev–Trinajstić information content (AvgIpc) is 2.37. The fourth-order valence-corrected chi connectivity index (χ4v) is 7.55. The van der Waals surface area contributed by atoms with Gasteiger partial charge in [0.05, 0.1) is 5.41 Å². The van der Waals surface area contributed by atoms with E-state index in [1.54, 1.807) is 0 Å². The minimum Gasteiger partial charge on any atom is -0.353 e. The summed E-state index contributed by atoms with van der Waals surface area (Å²) in [4.78, 5) is 13.3. The molecule has 5 aliphatic rings. The van der Waals surface area contributed by atoms with E-state index < -0.39 is 0 Å². The first-order chi connectivity index (χ1) is 10.3. The van der Waals surface area contributed by atoms with Crippen molar-refractivity contribution in [1.82, 2.24) is 5.32 Å². The number of carbonyl (C=O) groups excluding carboxylic acids is 1. The second kappa shape index (κ2) is 4.74. The maximum atomic E-state index is 13.3. The zero-order chi connectivity index (χ0) is 15.6. The molecule has 0 aliphatic heterocycles. The van der Waals surface area contributed by atoms with Gasteiger partial charge in [0.25, 0.3) is 0 Å². The van der Waals surface area contributed by atoms with Crippen molar-refractivity contribution in [2.45, 2.75) is 91.0 Å². The van der Waals surface area contributed by atoms with Gasteiger partial charge in [-0.25, -0.2) is 0 Å². The summed E-state index contributed by atoms with van der Waals surface area (Å²) in [5, 5.41) is 3.52. The summed E-state index contributed by atoms with van der Waals surface area (Å²) in [5.74, 6) is 1.89. The van der Waals surface area contributed by atoms with Crippen molar-refractivity contribution in [3.63, 3.8) is 0 Å². The second-order valence-electron chi connectivity index (χ2n) is 10.3. The van der Waals surface area contributed by atoms with Crippen LogP contribution in [0.15, 0.2) is 0 Å². The smallest absolute Gasteiger partial charge is 0.226 e. The predicted molar refractivity (Wildman–Crippen MR) is 89.4 cm³/mol. The lowest BCUT2D eigenvalue weighted by atomic mass is 9.40. The predicted octanol–water partition coefficient (Wildman–Crippen LogP) is 4.68. The zero-order valence-electron chi connectivity index (χ0n) is 14.7. The molecule has 5 aliphatic carbocycles. The number of nitrogens with one attached hydrogen (secondary N) is 1. The third-order valence-electron chi connectivity index (χ3n) is 7.54. The number of hydrogen-bond acceptors (Lipinski definition) is 1. The molecule has 2 heteroatoms. The number of hydrogen-bond donors (Lipinski definition) is 1. The van der Waals surface area contributed by atoms with Gasteiger partial charge in [-0.15, -0.1) is 0 Å². The molecule has 5 saturated carbocycles. The van der Waals surface area contributed by atoms with Crippen LogP contribution in [0.2, 0.25) is 0 Å². The van der Waals surface area contributed by atoms with Crippen molar-refractivity contribution in [3.05, 3.63) is 0 Å². The van der Waals surface area contributed by atoms with Crippen molar-refractivity contribution in [1.29, 1.82) is 0 Å². The van der Waals surface area contributed by atoms with E-state index in [2.05, 4.69) is 26.1 Å². The minimum absolute atomic E-state index is 0.0277. The maximum Gasteiger partial charge on any atom is 0.226 e. The van der Waals surface area contributed by atoms with Gasteiger partial charge in [-0.3, -0.25) is 4.79 Å². The normalized spacial score (nSPS) is 53.5. The highest BCUT2D eigenvalue weighted by Crippen LogP contribution is 2.69. The molecule has 6 atom stereocenters. The third-order valence-corrected chi connectivity index (χ3v) is 7.54. The van der Waals surface area contributed by atoms with Crippen LogP contribution in [0.4, 0.5) is 0 Å². The van der Waals surface area contributed by atoms with E-state index in [9.17, 15) is 4.79 Å². The third kappa shape index (κ3) is 2.32. The van der Waals surface area contributed by atoms with E-state index in [1.807, 2.05) is 0 Å². The summed E-state index contributed by atoms with van der Waals surface area (Å²) in [5.41, 5.74) is 0.841. The van der Waals surface area contributed by atoms with E-state index in [4.69, 9.17) is 0 Å². The van der Waals surface area contributed by atoms with Crippen molar-refractivity contribution in [2.24, 2.45) is 28.1 Å². The van der Waals surface area contributed by atoms with Crippen LogP contribution in [-0.4, -0.2) is 11.9 Å². The summed E-state index contributed by atoms with van der Waals surface area (Å²) in [6, 6.07) is 0.440. The SMILES string of the molecule is C[C@H]1CCCC[C@@H]1NC(=O)C12CC3C[C@@](C)(C1)C[C@](C)(C3)C2. The van der Waals surface area contributed by atoms with E-state index in [1.165, 1.54) is 51.4 Å². The molecule has 1 N–H and O–H groups in total. The maximum absolute atomic E-state index is 13.3. The Bertz CT molecular complexity index is 466. The lowest BCUT2D eigenvalue weighted by Crippen LogP contribution is -2.61. The Balaban J connectivity index is 1.55. The van der Waals surface area contributed by atoms with Gasteiger partial charge in [0.15, 0.2) is 0 Å². The second-order valence-corrected chi connectivity index (χ2v) is 10.3. The number of carbonyl (C=O) groups is 1. The Kier molecular flexibility index (Phi) is 3.24. The molecular weight excluding hydrogens is 270 g/mol. The molecule has 22 heavy (non-hydrogen) atoms. The van der Waals surface area contributed by atoms with Crippen LogP contribution in [0.5, 0.6) is 0 Å². The first kappa shape index (κ1) is 15.0. The zero-order valence-corrected chi connectivity index (χ0v) is 14.7. The summed E-state index contributed by atoms with van der Waals surface area (Å²) in [7, 11) is 0. The molecule has 0 saturated heterocycles. The van der Waals surface area contributed by atoms with Gasteiger partial charge in [-0.2, -0.15) is 0 Å². The van der Waals surface area contributed by atoms with Gasteiger partial charge in [-0.1, -0.05) is 33.6 Å². The van der Waals surface area contributed by atoms with Gasteiger partial charge in [0.2, 0.25) is 5.91 Å². The quantitative estimate of drug-likeness (QED) is 0.788. The molecule has 0 aromatic heterocycles. The van der Waals surface area contributed by atoms with Crippen molar-refractivity contribution in [3.8, 4) is 0 Å². The van der Waals surface area contributed by atoms with Crippen LogP contribution in [0.1, 0.15) is 85.0 Å². The van der Waals surface area contributed by atoms with Gasteiger partial charge < -0.3 is 5.32 Å². The van der Waals surface area contributed by atoms with Gasteiger partial charge in [0.1, 0.15) is 0 Å². The molecule has 5 rings (SSSR count). The van der Waals surface area contributed by atoms with Crippen LogP contribution in [0.25, 0.3) is 0 Å². The highest BCUT2D eigenvalue weighted by molar-refractivity contribution is 5.83. The minimum atomic E-state index is -0.0277. The van der Waals surface area contributed by atoms with E-state index in [0.717, 1.165) is 18.8 Å². The molecule has 2 unspecified atom stereocenters. The first-order valence-corrected chi connectivity index (χ1v) is 9.63. The molecule has 1 amide bonds. The van der Waals surface area contributed by atoms with Gasteiger partial charge in [-0.05, 0) is 74.0 Å². The van der Waals surface area contributed by atoms with Crippen molar-refractivity contribution in [2.75, 3.05) is 0 Å². The molecule has 2 nitrogen and oxygen atoms in total. The fourth-order valence-electron chi connectivity index (χ4n) is 7.55.